The van der Waals surface area contributed by atoms with Crippen LogP contribution < -0.4 is 0 Å². The zero-order valence-corrected chi connectivity index (χ0v) is 18.3. The van der Waals surface area contributed by atoms with Crippen LogP contribution in [0.1, 0.15) is 36.8 Å². The van der Waals surface area contributed by atoms with Gasteiger partial charge in [-0.1, -0.05) is 61.5 Å². The standard InChI is InChI=1S/C25H24ClF2Si/c1-2-20-23(11-12-24(27)25(20)28)18-9-7-17(8-10-18)21-5-3-4-6-22(21)19-13-15-29(26)16-14-19/h3-12,19H,2,13-16H2,1H3. The van der Waals surface area contributed by atoms with E-state index in [1.54, 1.807) is 6.07 Å². The molecule has 149 valence electrons. The Morgan fingerprint density at radius 1 is 0.862 bits per heavy atom. The van der Waals surface area contributed by atoms with E-state index in [0.29, 0.717) is 17.9 Å². The van der Waals surface area contributed by atoms with Gasteiger partial charge in [-0.15, -0.1) is 0 Å². The Morgan fingerprint density at radius 3 is 2.14 bits per heavy atom. The molecule has 0 bridgehead atoms. The molecule has 29 heavy (non-hydrogen) atoms. The average molecular weight is 426 g/mol. The lowest BCUT2D eigenvalue weighted by atomic mass is 9.86. The molecular formula is C25H24ClF2Si. The smallest absolute Gasteiger partial charge is 0.165 e. The summed E-state index contributed by atoms with van der Waals surface area (Å²) in [5.41, 5.74) is 5.92. The Hall–Kier alpha value is -1.97. The summed E-state index contributed by atoms with van der Waals surface area (Å²) in [5, 5.41) is 0. The second-order valence-electron chi connectivity index (χ2n) is 7.70. The van der Waals surface area contributed by atoms with Crippen molar-refractivity contribution in [2.45, 2.75) is 44.2 Å². The first-order valence-corrected chi connectivity index (χ1v) is 13.2. The molecule has 0 atom stereocenters. The molecule has 1 aliphatic rings. The van der Waals surface area contributed by atoms with Crippen molar-refractivity contribution in [2.75, 3.05) is 0 Å². The van der Waals surface area contributed by atoms with Crippen LogP contribution in [-0.4, -0.2) is 8.11 Å². The summed E-state index contributed by atoms with van der Waals surface area (Å²) in [4.78, 5) is 0. The highest BCUT2D eigenvalue weighted by molar-refractivity contribution is 7.07. The summed E-state index contributed by atoms with van der Waals surface area (Å²) in [6, 6.07) is 22.0. The molecule has 0 nitrogen and oxygen atoms in total. The van der Waals surface area contributed by atoms with Gasteiger partial charge in [-0.25, -0.2) is 8.78 Å². The molecule has 1 heterocycles. The van der Waals surface area contributed by atoms with Crippen molar-refractivity contribution in [1.82, 2.24) is 0 Å². The van der Waals surface area contributed by atoms with Crippen molar-refractivity contribution < 1.29 is 8.78 Å². The molecule has 4 rings (SSSR count). The van der Waals surface area contributed by atoms with Crippen molar-refractivity contribution in [3.63, 3.8) is 0 Å². The van der Waals surface area contributed by atoms with Gasteiger partial charge in [-0.2, -0.15) is 11.1 Å². The molecule has 0 unspecified atom stereocenters. The fourth-order valence-electron chi connectivity index (χ4n) is 4.40. The summed E-state index contributed by atoms with van der Waals surface area (Å²) >= 11 is 6.40. The summed E-state index contributed by atoms with van der Waals surface area (Å²) < 4.78 is 27.8. The number of rotatable bonds is 4. The first-order valence-electron chi connectivity index (χ1n) is 10.2. The van der Waals surface area contributed by atoms with E-state index in [9.17, 15) is 8.78 Å². The molecular weight excluding hydrogens is 402 g/mol. The Labute approximate surface area is 177 Å². The number of hydrogen-bond acceptors (Lipinski definition) is 0. The lowest BCUT2D eigenvalue weighted by molar-refractivity contribution is 0.500. The third-order valence-corrected chi connectivity index (χ3v) is 8.78. The first-order chi connectivity index (χ1) is 14.1. The fraction of sp³-hybridized carbons (Fsp3) is 0.280. The summed E-state index contributed by atoms with van der Waals surface area (Å²) in [6.07, 6.45) is 2.79. The van der Waals surface area contributed by atoms with Crippen molar-refractivity contribution >= 4 is 19.2 Å². The SMILES string of the molecule is CCc1c(-c2ccc(-c3ccccc3C3CC[Si](Cl)CC3)cc2)ccc(F)c1F. The minimum Gasteiger partial charge on any atom is -0.204 e. The van der Waals surface area contributed by atoms with Gasteiger partial charge in [-0.05, 0) is 76.7 Å². The lowest BCUT2D eigenvalue weighted by Gasteiger charge is -2.26. The first kappa shape index (κ1) is 20.3. The maximum absolute atomic E-state index is 14.2. The average Bonchev–Trinajstić information content (AvgIpc) is 2.76. The minimum absolute atomic E-state index is 0.430. The second-order valence-corrected chi connectivity index (χ2v) is 11.3. The number of hydrogen-bond donors (Lipinski definition) is 0. The van der Waals surface area contributed by atoms with Crippen LogP contribution in [0, 0.1) is 11.6 Å². The number of benzene rings is 3. The van der Waals surface area contributed by atoms with Gasteiger partial charge >= 0.3 is 0 Å². The van der Waals surface area contributed by atoms with E-state index in [2.05, 4.69) is 36.4 Å². The predicted molar refractivity (Wildman–Crippen MR) is 120 cm³/mol. The molecule has 1 fully saturated rings. The van der Waals surface area contributed by atoms with Crippen LogP contribution in [0.4, 0.5) is 8.78 Å². The van der Waals surface area contributed by atoms with E-state index in [1.165, 1.54) is 42.1 Å². The van der Waals surface area contributed by atoms with Gasteiger partial charge in [0.2, 0.25) is 0 Å². The topological polar surface area (TPSA) is 0 Å². The van der Waals surface area contributed by atoms with Crippen LogP contribution in [0.2, 0.25) is 12.1 Å². The third kappa shape index (κ3) is 4.17. The van der Waals surface area contributed by atoms with E-state index < -0.39 is 19.7 Å². The zero-order chi connectivity index (χ0) is 20.4. The van der Waals surface area contributed by atoms with Crippen LogP contribution in [0.25, 0.3) is 22.3 Å². The van der Waals surface area contributed by atoms with Crippen molar-refractivity contribution in [2.24, 2.45) is 0 Å². The number of halogens is 3. The van der Waals surface area contributed by atoms with Crippen molar-refractivity contribution in [3.05, 3.63) is 83.4 Å². The molecule has 4 heteroatoms. The van der Waals surface area contributed by atoms with E-state index in [1.807, 2.05) is 19.1 Å². The van der Waals surface area contributed by atoms with Gasteiger partial charge in [0.05, 0.1) is 0 Å². The van der Waals surface area contributed by atoms with Crippen molar-refractivity contribution in [3.8, 4) is 22.3 Å². The molecule has 0 spiro atoms. The van der Waals surface area contributed by atoms with E-state index >= 15 is 0 Å². The molecule has 0 N–H and O–H groups in total. The summed E-state index contributed by atoms with van der Waals surface area (Å²) in [6.45, 7) is 1.85. The quantitative estimate of drug-likeness (QED) is 0.293. The van der Waals surface area contributed by atoms with Crippen LogP contribution in [-0.2, 0) is 6.42 Å². The van der Waals surface area contributed by atoms with Crippen LogP contribution in [0.5, 0.6) is 0 Å². The summed E-state index contributed by atoms with van der Waals surface area (Å²) in [7, 11) is -0.643. The molecule has 1 saturated heterocycles. The van der Waals surface area contributed by atoms with Crippen LogP contribution in [0.15, 0.2) is 60.7 Å². The van der Waals surface area contributed by atoms with Crippen molar-refractivity contribution in [1.29, 1.82) is 0 Å². The van der Waals surface area contributed by atoms with Crippen LogP contribution in [0.3, 0.4) is 0 Å². The molecule has 3 aromatic carbocycles. The second kappa shape index (κ2) is 8.81. The normalized spacial score (nSPS) is 15.6. The summed E-state index contributed by atoms with van der Waals surface area (Å²) in [5.74, 6) is -0.960. The van der Waals surface area contributed by atoms with Crippen LogP contribution >= 0.6 is 11.1 Å². The Balaban J connectivity index is 1.67. The molecule has 1 aliphatic heterocycles. The van der Waals surface area contributed by atoms with Gasteiger partial charge in [-0.3, -0.25) is 0 Å². The molecule has 0 saturated carbocycles. The van der Waals surface area contributed by atoms with E-state index in [0.717, 1.165) is 16.7 Å². The molecule has 0 aliphatic carbocycles. The van der Waals surface area contributed by atoms with E-state index in [-0.39, 0.29) is 0 Å². The third-order valence-electron chi connectivity index (χ3n) is 5.99. The van der Waals surface area contributed by atoms with Gasteiger partial charge in [0.1, 0.15) is 0 Å². The largest absolute Gasteiger partial charge is 0.204 e. The molecule has 0 amide bonds. The minimum atomic E-state index is -0.787. The highest BCUT2D eigenvalue weighted by atomic mass is 35.6. The van der Waals surface area contributed by atoms with Gasteiger partial charge in [0.15, 0.2) is 19.7 Å². The maximum Gasteiger partial charge on any atom is 0.165 e. The maximum atomic E-state index is 14.2. The van der Waals surface area contributed by atoms with Gasteiger partial charge < -0.3 is 0 Å². The predicted octanol–water partition coefficient (Wildman–Crippen LogP) is 7.97. The Morgan fingerprint density at radius 2 is 1.48 bits per heavy atom. The van der Waals surface area contributed by atoms with Gasteiger partial charge in [0.25, 0.3) is 0 Å². The van der Waals surface area contributed by atoms with E-state index in [4.69, 9.17) is 11.1 Å². The molecule has 0 aromatic heterocycles. The molecule has 3 aromatic rings. The lowest BCUT2D eigenvalue weighted by Crippen LogP contribution is -2.15. The highest BCUT2D eigenvalue weighted by Crippen LogP contribution is 2.39. The molecule has 1 radical (unpaired) electrons. The fourth-order valence-corrected chi connectivity index (χ4v) is 6.62. The Bertz CT molecular complexity index is 992. The Kier molecular flexibility index (Phi) is 6.17. The highest BCUT2D eigenvalue weighted by Gasteiger charge is 2.24. The van der Waals surface area contributed by atoms with Gasteiger partial charge in [0, 0.05) is 0 Å². The monoisotopic (exact) mass is 425 g/mol. The zero-order valence-electron chi connectivity index (χ0n) is 16.5.